The molecule has 29 heavy (non-hydrogen) atoms. The van der Waals surface area contributed by atoms with E-state index in [1.807, 2.05) is 0 Å². The van der Waals surface area contributed by atoms with Crippen molar-refractivity contribution in [3.63, 3.8) is 0 Å². The maximum Gasteiger partial charge on any atom is 0.338 e. The number of esters is 1. The number of carbonyl (C=O) groups excluding carboxylic acids is 3. The lowest BCUT2D eigenvalue weighted by Gasteiger charge is -2.15. The van der Waals surface area contributed by atoms with Crippen LogP contribution in [-0.4, -0.2) is 35.9 Å². The number of nitrogens with one attached hydrogen (secondary N) is 2. The van der Waals surface area contributed by atoms with Crippen LogP contribution in [0.1, 0.15) is 27.6 Å². The van der Waals surface area contributed by atoms with E-state index in [0.717, 1.165) is 37.4 Å². The first-order valence-corrected chi connectivity index (χ1v) is 8.11. The van der Waals surface area contributed by atoms with E-state index in [1.54, 1.807) is 0 Å². The van der Waals surface area contributed by atoms with Crippen molar-refractivity contribution in [1.29, 1.82) is 0 Å². The van der Waals surface area contributed by atoms with Gasteiger partial charge in [0.05, 0.1) is 17.6 Å². The minimum Gasteiger partial charge on any atom is -0.481 e. The highest BCUT2D eigenvalue weighted by molar-refractivity contribution is 5.99. The molecule has 2 amide bonds. The van der Waals surface area contributed by atoms with Crippen molar-refractivity contribution in [2.45, 2.75) is 13.0 Å². The van der Waals surface area contributed by atoms with Gasteiger partial charge >= 0.3 is 5.97 Å². The second-order valence-corrected chi connectivity index (χ2v) is 5.67. The molecule has 0 aliphatic carbocycles. The number of hydrazine groups is 1. The van der Waals surface area contributed by atoms with E-state index >= 15 is 0 Å². The van der Waals surface area contributed by atoms with E-state index in [4.69, 9.17) is 4.74 Å². The minimum atomic E-state index is -1.04. The van der Waals surface area contributed by atoms with Crippen molar-refractivity contribution in [2.24, 2.45) is 0 Å². The molecule has 152 valence electrons. The number of halogens is 1. The molecular weight excluding hydrogens is 389 g/mol. The van der Waals surface area contributed by atoms with Crippen LogP contribution < -0.4 is 15.6 Å². The first kappa shape index (κ1) is 21.3. The average Bonchev–Trinajstić information content (AvgIpc) is 2.72. The van der Waals surface area contributed by atoms with Gasteiger partial charge in [0.25, 0.3) is 17.5 Å². The van der Waals surface area contributed by atoms with Crippen molar-refractivity contribution >= 4 is 23.5 Å². The normalized spacial score (nSPS) is 11.1. The monoisotopic (exact) mass is 405 g/mol. The number of nitro benzene ring substituents is 1. The molecule has 1 atom stereocenters. The van der Waals surface area contributed by atoms with E-state index in [2.05, 4.69) is 15.6 Å². The van der Waals surface area contributed by atoms with Crippen LogP contribution in [0, 0.1) is 15.9 Å². The third-order valence-electron chi connectivity index (χ3n) is 3.61. The van der Waals surface area contributed by atoms with E-state index in [0.29, 0.717) is 0 Å². The number of amides is 2. The molecule has 0 aliphatic rings. The summed E-state index contributed by atoms with van der Waals surface area (Å²) in [6, 6.07) is 7.95. The second kappa shape index (κ2) is 9.26. The van der Waals surface area contributed by atoms with Crippen molar-refractivity contribution in [1.82, 2.24) is 10.9 Å². The quantitative estimate of drug-likeness (QED) is 0.424. The van der Waals surface area contributed by atoms with Crippen LogP contribution in [0.3, 0.4) is 0 Å². The van der Waals surface area contributed by atoms with Gasteiger partial charge in [0.2, 0.25) is 0 Å². The molecule has 0 aliphatic heterocycles. The van der Waals surface area contributed by atoms with Crippen LogP contribution in [0.4, 0.5) is 10.1 Å². The molecule has 10 nitrogen and oxygen atoms in total. The smallest absolute Gasteiger partial charge is 0.338 e. The summed E-state index contributed by atoms with van der Waals surface area (Å²) < 4.78 is 22.7. The maximum absolute atomic E-state index is 12.9. The predicted molar refractivity (Wildman–Crippen MR) is 96.5 cm³/mol. The average molecular weight is 405 g/mol. The molecule has 0 saturated heterocycles. The van der Waals surface area contributed by atoms with Gasteiger partial charge in [-0.3, -0.25) is 30.6 Å². The van der Waals surface area contributed by atoms with Crippen molar-refractivity contribution in [3.05, 3.63) is 69.5 Å². The number of ether oxygens (including phenoxy) is 2. The fourth-order valence-electron chi connectivity index (χ4n) is 2.15. The summed E-state index contributed by atoms with van der Waals surface area (Å²) in [5, 5.41) is 11.0. The Morgan fingerprint density at radius 3 is 2.28 bits per heavy atom. The Labute approximate surface area is 163 Å². The van der Waals surface area contributed by atoms with Gasteiger partial charge in [0.1, 0.15) is 11.6 Å². The van der Waals surface area contributed by atoms with Gasteiger partial charge in [-0.2, -0.15) is 0 Å². The van der Waals surface area contributed by atoms with Crippen LogP contribution in [0.2, 0.25) is 0 Å². The summed E-state index contributed by atoms with van der Waals surface area (Å²) in [7, 11) is 1.09. The number of nitrogens with zero attached hydrogens (tertiary/aromatic N) is 1. The molecule has 0 radical (unpaired) electrons. The minimum absolute atomic E-state index is 0.203. The zero-order valence-electron chi connectivity index (χ0n) is 15.3. The molecule has 2 rings (SSSR count). The Balaban J connectivity index is 2.04. The van der Waals surface area contributed by atoms with Crippen molar-refractivity contribution in [2.75, 3.05) is 7.11 Å². The summed E-state index contributed by atoms with van der Waals surface area (Å²) in [4.78, 5) is 46.1. The third-order valence-corrected chi connectivity index (χ3v) is 3.61. The van der Waals surface area contributed by atoms with Gasteiger partial charge in [-0.15, -0.1) is 0 Å². The van der Waals surface area contributed by atoms with Gasteiger partial charge < -0.3 is 9.47 Å². The predicted octanol–water partition coefficient (Wildman–Crippen LogP) is 1.75. The molecular formula is C18H16FN3O7. The van der Waals surface area contributed by atoms with E-state index < -0.39 is 40.3 Å². The molecule has 1 unspecified atom stereocenters. The molecule has 11 heteroatoms. The largest absolute Gasteiger partial charge is 0.481 e. The summed E-state index contributed by atoms with van der Waals surface area (Å²) in [6.07, 6.45) is -1.04. The van der Waals surface area contributed by atoms with E-state index in [-0.39, 0.29) is 16.9 Å². The molecule has 0 heterocycles. The number of hydrogen-bond donors (Lipinski definition) is 2. The molecule has 0 bridgehead atoms. The maximum atomic E-state index is 12.9. The van der Waals surface area contributed by atoms with Gasteiger partial charge in [0, 0.05) is 17.7 Å². The highest BCUT2D eigenvalue weighted by atomic mass is 19.1. The van der Waals surface area contributed by atoms with Crippen LogP contribution in [0.15, 0.2) is 42.5 Å². The first-order chi connectivity index (χ1) is 13.7. The van der Waals surface area contributed by atoms with Gasteiger partial charge in [0.15, 0.2) is 6.10 Å². The number of methoxy groups -OCH3 is 1. The number of non-ortho nitro benzene ring substituents is 1. The summed E-state index contributed by atoms with van der Waals surface area (Å²) in [5.41, 5.74) is 3.22. The Morgan fingerprint density at radius 2 is 1.69 bits per heavy atom. The summed E-state index contributed by atoms with van der Waals surface area (Å²) in [6.45, 7) is 1.40. The molecule has 0 saturated carbocycles. The molecule has 0 spiro atoms. The highest BCUT2D eigenvalue weighted by Gasteiger charge is 2.20. The molecule has 2 N–H and O–H groups in total. The summed E-state index contributed by atoms with van der Waals surface area (Å²) in [5.74, 6) is -2.73. The topological polar surface area (TPSA) is 137 Å². The Kier molecular flexibility index (Phi) is 6.80. The second-order valence-electron chi connectivity index (χ2n) is 5.67. The molecule has 0 fully saturated rings. The third kappa shape index (κ3) is 5.73. The summed E-state index contributed by atoms with van der Waals surface area (Å²) >= 11 is 0. The van der Waals surface area contributed by atoms with Crippen LogP contribution in [-0.2, 0) is 9.53 Å². The van der Waals surface area contributed by atoms with E-state index in [9.17, 15) is 28.9 Å². The number of benzene rings is 2. The highest BCUT2D eigenvalue weighted by Crippen LogP contribution is 2.18. The lowest BCUT2D eigenvalue weighted by Crippen LogP contribution is -2.47. The van der Waals surface area contributed by atoms with Crippen LogP contribution >= 0.6 is 0 Å². The molecule has 2 aromatic rings. The van der Waals surface area contributed by atoms with Gasteiger partial charge in [-0.1, -0.05) is 0 Å². The SMILES string of the molecule is COC(=O)c1cc(C(=O)NNC(=O)C(C)Oc2ccc(F)cc2)cc([N+](=O)[O-])c1. The van der Waals surface area contributed by atoms with Crippen molar-refractivity contribution in [3.8, 4) is 5.75 Å². The van der Waals surface area contributed by atoms with E-state index in [1.165, 1.54) is 19.1 Å². The zero-order chi connectivity index (χ0) is 21.6. The molecule has 0 aromatic heterocycles. The Morgan fingerprint density at radius 1 is 1.07 bits per heavy atom. The Bertz CT molecular complexity index is 947. The number of hydrogen-bond acceptors (Lipinski definition) is 7. The van der Waals surface area contributed by atoms with Crippen molar-refractivity contribution < 1.29 is 33.2 Å². The number of nitro groups is 1. The number of rotatable bonds is 6. The fraction of sp³-hybridized carbons (Fsp3) is 0.167. The zero-order valence-corrected chi connectivity index (χ0v) is 15.3. The first-order valence-electron chi connectivity index (χ1n) is 8.11. The standard InChI is InChI=1S/C18H16FN3O7/c1-10(29-15-5-3-13(19)4-6-15)16(23)20-21-17(24)11-7-12(18(25)28-2)9-14(8-11)22(26)27/h3-10H,1-2H3,(H,20,23)(H,21,24). The molecule has 2 aromatic carbocycles. The Hall–Kier alpha value is -4.02. The lowest BCUT2D eigenvalue weighted by atomic mass is 10.1. The number of carbonyl (C=O) groups is 3. The van der Waals surface area contributed by atoms with Crippen LogP contribution in [0.5, 0.6) is 5.75 Å². The fourth-order valence-corrected chi connectivity index (χ4v) is 2.15. The lowest BCUT2D eigenvalue weighted by molar-refractivity contribution is -0.384. The van der Waals surface area contributed by atoms with Gasteiger partial charge in [-0.25, -0.2) is 9.18 Å². The van der Waals surface area contributed by atoms with Gasteiger partial charge in [-0.05, 0) is 37.3 Å². The van der Waals surface area contributed by atoms with Crippen LogP contribution in [0.25, 0.3) is 0 Å².